The van der Waals surface area contributed by atoms with Gasteiger partial charge in [-0.3, -0.25) is 18.6 Å². The van der Waals surface area contributed by atoms with E-state index in [1.807, 2.05) is 0 Å². The van der Waals surface area contributed by atoms with Crippen molar-refractivity contribution in [2.45, 2.75) is 200 Å². The summed E-state index contributed by atoms with van der Waals surface area (Å²) in [5, 5.41) is 0. The topological polar surface area (TPSA) is 134 Å². The SMILES string of the molecule is CCCCCC/C=C\C/C=C\CCCCCCCC(=O)OC(COC(=O)CCCCCCC/C=C\CCCCCCCCC)COP(=O)(O)OCCN. The van der Waals surface area contributed by atoms with Crippen LogP contribution in [0.4, 0.5) is 0 Å². The van der Waals surface area contributed by atoms with E-state index < -0.39 is 32.5 Å². The molecule has 53 heavy (non-hydrogen) atoms. The summed E-state index contributed by atoms with van der Waals surface area (Å²) < 4.78 is 32.7. The third-order valence-electron chi connectivity index (χ3n) is 9.00. The quantitative estimate of drug-likeness (QED) is 0.0270. The van der Waals surface area contributed by atoms with E-state index in [1.165, 1.54) is 83.5 Å². The minimum atomic E-state index is -4.38. The maximum absolute atomic E-state index is 12.6. The number of rotatable bonds is 40. The van der Waals surface area contributed by atoms with Crippen molar-refractivity contribution in [1.82, 2.24) is 0 Å². The molecule has 0 aliphatic carbocycles. The summed E-state index contributed by atoms with van der Waals surface area (Å²) in [6.45, 7) is 3.69. The summed E-state index contributed by atoms with van der Waals surface area (Å²) in [5.74, 6) is -0.852. The van der Waals surface area contributed by atoms with Gasteiger partial charge in [0.25, 0.3) is 0 Å². The molecule has 0 bridgehead atoms. The van der Waals surface area contributed by atoms with Gasteiger partial charge in [-0.2, -0.15) is 0 Å². The van der Waals surface area contributed by atoms with Crippen molar-refractivity contribution in [3.8, 4) is 0 Å². The fourth-order valence-electron chi connectivity index (χ4n) is 5.78. The van der Waals surface area contributed by atoms with Crippen molar-refractivity contribution >= 4 is 19.8 Å². The predicted molar refractivity (Wildman–Crippen MR) is 220 cm³/mol. The monoisotopic (exact) mass is 770 g/mol. The summed E-state index contributed by atoms with van der Waals surface area (Å²) >= 11 is 0. The highest BCUT2D eigenvalue weighted by Gasteiger charge is 2.26. The Morgan fingerprint density at radius 3 is 1.47 bits per heavy atom. The van der Waals surface area contributed by atoms with Crippen LogP contribution in [-0.2, 0) is 32.7 Å². The van der Waals surface area contributed by atoms with Crippen molar-refractivity contribution in [2.24, 2.45) is 5.73 Å². The van der Waals surface area contributed by atoms with E-state index in [4.69, 9.17) is 24.3 Å². The van der Waals surface area contributed by atoms with Gasteiger partial charge in [-0.1, -0.05) is 147 Å². The fourth-order valence-corrected chi connectivity index (χ4v) is 6.54. The van der Waals surface area contributed by atoms with Crippen LogP contribution in [0.25, 0.3) is 0 Å². The van der Waals surface area contributed by atoms with E-state index in [0.717, 1.165) is 77.0 Å². The molecule has 0 rings (SSSR count). The van der Waals surface area contributed by atoms with Crippen LogP contribution < -0.4 is 5.73 Å². The molecule has 0 aromatic heterocycles. The number of hydrogen-bond acceptors (Lipinski definition) is 8. The van der Waals surface area contributed by atoms with E-state index in [9.17, 15) is 19.0 Å². The molecule has 2 atom stereocenters. The van der Waals surface area contributed by atoms with Crippen LogP contribution in [0.1, 0.15) is 194 Å². The smallest absolute Gasteiger partial charge is 0.462 e. The third kappa shape index (κ3) is 39.7. The van der Waals surface area contributed by atoms with Gasteiger partial charge in [-0.15, -0.1) is 0 Å². The molecule has 2 unspecified atom stereocenters. The zero-order valence-electron chi connectivity index (χ0n) is 34.0. The summed E-state index contributed by atoms with van der Waals surface area (Å²) in [7, 11) is -4.38. The highest BCUT2D eigenvalue weighted by Crippen LogP contribution is 2.43. The zero-order valence-corrected chi connectivity index (χ0v) is 34.9. The van der Waals surface area contributed by atoms with Crippen LogP contribution in [0.5, 0.6) is 0 Å². The molecule has 310 valence electrons. The first-order valence-corrected chi connectivity index (χ1v) is 23.0. The summed E-state index contributed by atoms with van der Waals surface area (Å²) in [5.41, 5.74) is 5.34. The molecule has 10 heteroatoms. The number of esters is 2. The number of hydrogen-bond donors (Lipinski definition) is 2. The second-order valence-corrected chi connectivity index (χ2v) is 15.7. The Labute approximate surface area is 324 Å². The van der Waals surface area contributed by atoms with Crippen LogP contribution in [0.3, 0.4) is 0 Å². The number of ether oxygens (including phenoxy) is 2. The Morgan fingerprint density at radius 1 is 0.566 bits per heavy atom. The van der Waals surface area contributed by atoms with Gasteiger partial charge in [0.15, 0.2) is 6.10 Å². The maximum Gasteiger partial charge on any atom is 0.472 e. The lowest BCUT2D eigenvalue weighted by Crippen LogP contribution is -2.29. The summed E-state index contributed by atoms with van der Waals surface area (Å²) in [4.78, 5) is 34.8. The molecular weight excluding hydrogens is 689 g/mol. The van der Waals surface area contributed by atoms with Gasteiger partial charge in [0, 0.05) is 19.4 Å². The summed E-state index contributed by atoms with van der Waals surface area (Å²) in [6, 6.07) is 0. The molecule has 0 aromatic rings. The Bertz CT molecular complexity index is 970. The lowest BCUT2D eigenvalue weighted by molar-refractivity contribution is -0.161. The highest BCUT2D eigenvalue weighted by atomic mass is 31.2. The zero-order chi connectivity index (χ0) is 38.9. The standard InChI is InChI=1S/C43H80NO8P/c1-3-5-7-9-11-13-15-17-19-21-23-25-27-29-31-33-35-42(45)49-39-41(40-51-53(47,48)50-38-37-44)52-43(46)36-34-32-30-28-26-24-22-20-18-16-14-12-10-8-6-4-2/h14,16,19-22,41H,3-13,15,17-18,23-40,44H2,1-2H3,(H,47,48)/b16-14-,21-19-,22-20-. The number of unbranched alkanes of at least 4 members (excludes halogenated alkanes) is 21. The third-order valence-corrected chi connectivity index (χ3v) is 9.98. The van der Waals surface area contributed by atoms with Crippen LogP contribution in [0.2, 0.25) is 0 Å². The minimum Gasteiger partial charge on any atom is -0.462 e. The normalized spacial score (nSPS) is 13.7. The number of carbonyl (C=O) groups is 2. The summed E-state index contributed by atoms with van der Waals surface area (Å²) in [6.07, 6.45) is 43.1. The number of carbonyl (C=O) groups excluding carboxylic acids is 2. The van der Waals surface area contributed by atoms with E-state index in [0.29, 0.717) is 6.42 Å². The van der Waals surface area contributed by atoms with Crippen LogP contribution >= 0.6 is 7.82 Å². The molecule has 0 aromatic carbocycles. The molecule has 0 radical (unpaired) electrons. The Hall–Kier alpha value is -1.77. The largest absolute Gasteiger partial charge is 0.472 e. The van der Waals surface area contributed by atoms with E-state index >= 15 is 0 Å². The lowest BCUT2D eigenvalue weighted by atomic mass is 10.1. The number of allylic oxidation sites excluding steroid dienone is 6. The molecule has 0 fully saturated rings. The van der Waals surface area contributed by atoms with Crippen LogP contribution in [0.15, 0.2) is 36.5 Å². The van der Waals surface area contributed by atoms with E-state index in [-0.39, 0.29) is 32.6 Å². The predicted octanol–water partition coefficient (Wildman–Crippen LogP) is 12.2. The van der Waals surface area contributed by atoms with Crippen molar-refractivity contribution < 1.29 is 37.6 Å². The second kappa shape index (κ2) is 39.9. The van der Waals surface area contributed by atoms with Crippen molar-refractivity contribution in [3.05, 3.63) is 36.5 Å². The average molecular weight is 770 g/mol. The molecule has 0 spiro atoms. The van der Waals surface area contributed by atoms with E-state index in [1.54, 1.807) is 0 Å². The van der Waals surface area contributed by atoms with Gasteiger partial charge < -0.3 is 20.1 Å². The molecule has 0 saturated heterocycles. The second-order valence-electron chi connectivity index (χ2n) is 14.2. The number of phosphoric acid groups is 1. The van der Waals surface area contributed by atoms with Gasteiger partial charge in [-0.05, 0) is 70.6 Å². The van der Waals surface area contributed by atoms with Crippen molar-refractivity contribution in [1.29, 1.82) is 0 Å². The number of nitrogens with two attached hydrogens (primary N) is 1. The van der Waals surface area contributed by atoms with Crippen molar-refractivity contribution in [2.75, 3.05) is 26.4 Å². The fraction of sp³-hybridized carbons (Fsp3) is 0.814. The Morgan fingerprint density at radius 2 is 0.981 bits per heavy atom. The first kappa shape index (κ1) is 51.2. The van der Waals surface area contributed by atoms with Gasteiger partial charge in [0.2, 0.25) is 0 Å². The Balaban J connectivity index is 4.20. The molecule has 0 saturated carbocycles. The highest BCUT2D eigenvalue weighted by molar-refractivity contribution is 7.47. The van der Waals surface area contributed by atoms with Crippen LogP contribution in [-0.4, -0.2) is 49.3 Å². The number of phosphoric ester groups is 1. The Kier molecular flexibility index (Phi) is 38.6. The van der Waals surface area contributed by atoms with Gasteiger partial charge in [0.05, 0.1) is 13.2 Å². The molecule has 0 aliphatic rings. The molecule has 0 aliphatic heterocycles. The van der Waals surface area contributed by atoms with Gasteiger partial charge >= 0.3 is 19.8 Å². The molecular formula is C43H80NO8P. The van der Waals surface area contributed by atoms with Crippen molar-refractivity contribution in [3.63, 3.8) is 0 Å². The lowest BCUT2D eigenvalue weighted by Gasteiger charge is -2.19. The molecule has 9 nitrogen and oxygen atoms in total. The van der Waals surface area contributed by atoms with Gasteiger partial charge in [-0.25, -0.2) is 4.57 Å². The van der Waals surface area contributed by atoms with Gasteiger partial charge in [0.1, 0.15) is 6.61 Å². The molecule has 0 heterocycles. The van der Waals surface area contributed by atoms with E-state index in [2.05, 4.69) is 50.3 Å². The maximum atomic E-state index is 12.6. The molecule has 0 amide bonds. The first-order chi connectivity index (χ1) is 25.8. The molecule has 3 N–H and O–H groups in total. The first-order valence-electron chi connectivity index (χ1n) is 21.5. The average Bonchev–Trinajstić information content (AvgIpc) is 3.14. The van der Waals surface area contributed by atoms with Crippen LogP contribution in [0, 0.1) is 0 Å². The minimum absolute atomic E-state index is 0.0496.